The van der Waals surface area contributed by atoms with Gasteiger partial charge >= 0.3 is 0 Å². The maximum Gasteiger partial charge on any atom is 0.231 e. The zero-order chi connectivity index (χ0) is 27.0. The summed E-state index contributed by atoms with van der Waals surface area (Å²) in [4.78, 5) is 0. The highest BCUT2D eigenvalue weighted by molar-refractivity contribution is 5.47. The Morgan fingerprint density at radius 2 is 1.42 bits per heavy atom. The van der Waals surface area contributed by atoms with E-state index in [-0.39, 0.29) is 36.6 Å². The molecule has 0 bridgehead atoms. The van der Waals surface area contributed by atoms with Crippen LogP contribution in [0.15, 0.2) is 54.6 Å². The van der Waals surface area contributed by atoms with Crippen LogP contribution in [0.25, 0.3) is 0 Å². The van der Waals surface area contributed by atoms with Crippen molar-refractivity contribution in [1.29, 1.82) is 0 Å². The Hall–Kier alpha value is -3.62. The van der Waals surface area contributed by atoms with Gasteiger partial charge in [0.05, 0.1) is 26.4 Å². The van der Waals surface area contributed by atoms with Crippen molar-refractivity contribution in [1.82, 2.24) is 0 Å². The van der Waals surface area contributed by atoms with Crippen LogP contribution >= 0.6 is 0 Å². The molecule has 2 aliphatic rings. The molecule has 3 aromatic rings. The van der Waals surface area contributed by atoms with Gasteiger partial charge in [0.15, 0.2) is 34.5 Å². The van der Waals surface area contributed by atoms with Crippen molar-refractivity contribution in [3.05, 3.63) is 71.3 Å². The van der Waals surface area contributed by atoms with Gasteiger partial charge in [-0.2, -0.15) is 0 Å². The second kappa shape index (κ2) is 10.6. The number of methoxy groups -OCH3 is 2. The summed E-state index contributed by atoms with van der Waals surface area (Å²) in [6, 6.07) is 16.5. The van der Waals surface area contributed by atoms with Gasteiger partial charge in [-0.3, -0.25) is 0 Å². The first-order valence-corrected chi connectivity index (χ1v) is 12.7. The zero-order valence-electron chi connectivity index (χ0n) is 22.2. The summed E-state index contributed by atoms with van der Waals surface area (Å²) in [6.07, 6.45) is -1.80. The van der Waals surface area contributed by atoms with Gasteiger partial charge in [-0.1, -0.05) is 32.0 Å². The van der Waals surface area contributed by atoms with Crippen LogP contribution in [0.5, 0.6) is 34.5 Å². The third kappa shape index (κ3) is 4.81. The van der Waals surface area contributed by atoms with Crippen molar-refractivity contribution in [2.75, 3.05) is 21.0 Å². The molecule has 2 heterocycles. The Labute approximate surface area is 222 Å². The number of hydrogen-bond acceptors (Lipinski definition) is 8. The summed E-state index contributed by atoms with van der Waals surface area (Å²) < 4.78 is 34.4. The van der Waals surface area contributed by atoms with Crippen LogP contribution in [0.2, 0.25) is 0 Å². The Kier molecular flexibility index (Phi) is 7.27. The lowest BCUT2D eigenvalue weighted by molar-refractivity contribution is 0.0285. The van der Waals surface area contributed by atoms with Crippen LogP contribution in [0.1, 0.15) is 55.8 Å². The SMILES string of the molecule is COc1ccc([C@@H](O)[C@@H](C)Oc2ccc([C@H]3O[C@H](c4ccc5c(c4)OCO5)[C@H](C)[C@H]3C)cc2OC)cc1O. The lowest BCUT2D eigenvalue weighted by Gasteiger charge is -2.23. The Bertz CT molecular complexity index is 1290. The van der Waals surface area contributed by atoms with Gasteiger partial charge in [0, 0.05) is 0 Å². The molecule has 0 saturated carbocycles. The van der Waals surface area contributed by atoms with Gasteiger partial charge in [-0.15, -0.1) is 0 Å². The monoisotopic (exact) mass is 522 g/mol. The summed E-state index contributed by atoms with van der Waals surface area (Å²) in [5.41, 5.74) is 2.57. The number of benzene rings is 3. The third-order valence-electron chi connectivity index (χ3n) is 7.62. The molecule has 1 saturated heterocycles. The first kappa shape index (κ1) is 26.0. The first-order valence-electron chi connectivity index (χ1n) is 12.7. The first-order chi connectivity index (χ1) is 18.3. The van der Waals surface area contributed by atoms with E-state index in [1.807, 2.05) is 36.4 Å². The molecule has 0 aliphatic carbocycles. The van der Waals surface area contributed by atoms with Crippen molar-refractivity contribution in [3.63, 3.8) is 0 Å². The summed E-state index contributed by atoms with van der Waals surface area (Å²) in [6.45, 7) is 6.40. The van der Waals surface area contributed by atoms with Crippen LogP contribution in [0, 0.1) is 11.8 Å². The molecule has 1 fully saturated rings. The number of rotatable bonds is 8. The third-order valence-corrected chi connectivity index (χ3v) is 7.62. The van der Waals surface area contributed by atoms with Crippen molar-refractivity contribution >= 4 is 0 Å². The second-order valence-electron chi connectivity index (χ2n) is 9.92. The molecule has 0 radical (unpaired) electrons. The maximum atomic E-state index is 10.8. The molecular formula is C30H34O8. The number of hydrogen-bond donors (Lipinski definition) is 2. The molecule has 5 rings (SSSR count). The molecule has 2 N–H and O–H groups in total. The van der Waals surface area contributed by atoms with E-state index in [4.69, 9.17) is 28.4 Å². The number of aliphatic hydroxyl groups excluding tert-OH is 1. The predicted molar refractivity (Wildman–Crippen MR) is 140 cm³/mol. The minimum absolute atomic E-state index is 0.0443. The van der Waals surface area contributed by atoms with E-state index < -0.39 is 12.2 Å². The van der Waals surface area contributed by atoms with Crippen LogP contribution < -0.4 is 23.7 Å². The molecule has 202 valence electrons. The Morgan fingerprint density at radius 3 is 2.11 bits per heavy atom. The highest BCUT2D eigenvalue weighted by Gasteiger charge is 2.41. The second-order valence-corrected chi connectivity index (χ2v) is 9.92. The van der Waals surface area contributed by atoms with E-state index in [1.165, 1.54) is 13.2 Å². The number of aromatic hydroxyl groups is 1. The van der Waals surface area contributed by atoms with E-state index >= 15 is 0 Å². The highest BCUT2D eigenvalue weighted by atomic mass is 16.7. The summed E-state index contributed by atoms with van der Waals surface area (Å²) in [5, 5.41) is 20.9. The average molecular weight is 523 g/mol. The van der Waals surface area contributed by atoms with Gasteiger partial charge in [0.1, 0.15) is 12.2 Å². The quantitative estimate of drug-likeness (QED) is 0.388. The lowest BCUT2D eigenvalue weighted by Crippen LogP contribution is -2.22. The van der Waals surface area contributed by atoms with Gasteiger partial charge in [0.25, 0.3) is 0 Å². The molecule has 2 aliphatic heterocycles. The smallest absolute Gasteiger partial charge is 0.231 e. The molecule has 3 aromatic carbocycles. The molecular weight excluding hydrogens is 488 g/mol. The number of phenols is 1. The van der Waals surface area contributed by atoms with E-state index in [2.05, 4.69) is 13.8 Å². The van der Waals surface area contributed by atoms with Crippen LogP contribution in [0.4, 0.5) is 0 Å². The average Bonchev–Trinajstić information content (AvgIpc) is 3.52. The summed E-state index contributed by atoms with van der Waals surface area (Å²) >= 11 is 0. The molecule has 8 heteroatoms. The molecule has 0 spiro atoms. The minimum Gasteiger partial charge on any atom is -0.504 e. The molecule has 0 unspecified atom stereocenters. The topological polar surface area (TPSA) is 95.8 Å². The Balaban J connectivity index is 1.32. The molecule has 0 amide bonds. The van der Waals surface area contributed by atoms with Gasteiger partial charge < -0.3 is 38.6 Å². The molecule has 0 aromatic heterocycles. The number of fused-ring (bicyclic) bond motifs is 1. The summed E-state index contributed by atoms with van der Waals surface area (Å²) in [5.74, 6) is 3.39. The fourth-order valence-electron chi connectivity index (χ4n) is 5.20. The van der Waals surface area contributed by atoms with Gasteiger partial charge in [-0.05, 0) is 71.8 Å². The fourth-order valence-corrected chi connectivity index (χ4v) is 5.20. The van der Waals surface area contributed by atoms with E-state index in [0.717, 1.165) is 22.6 Å². The van der Waals surface area contributed by atoms with E-state index in [1.54, 1.807) is 26.2 Å². The van der Waals surface area contributed by atoms with E-state index in [9.17, 15) is 10.2 Å². The van der Waals surface area contributed by atoms with Crippen molar-refractivity contribution in [3.8, 4) is 34.5 Å². The fraction of sp³-hybridized carbons (Fsp3) is 0.400. The molecule has 6 atom stereocenters. The normalized spacial score (nSPS) is 23.6. The van der Waals surface area contributed by atoms with Crippen molar-refractivity contribution < 1.29 is 38.6 Å². The predicted octanol–water partition coefficient (Wildman–Crippen LogP) is 5.72. The number of aliphatic hydroxyl groups is 1. The number of phenolic OH excluding ortho intramolecular Hbond substituents is 1. The van der Waals surface area contributed by atoms with E-state index in [0.29, 0.717) is 22.8 Å². The number of ether oxygens (including phenoxy) is 6. The zero-order valence-corrected chi connectivity index (χ0v) is 22.2. The Morgan fingerprint density at radius 1 is 0.789 bits per heavy atom. The standard InChI is InChI=1S/C30H34O8/c1-16-17(2)30(21-7-10-24-27(14-21)36-15-35-24)38-29(16)20-8-11-25(26(13-20)34-5)37-18(3)28(32)19-6-9-23(33-4)22(31)12-19/h6-14,16-18,28-32H,15H2,1-5H3/t16-,17-,18-,28+,29+,30+/m1/s1. The van der Waals surface area contributed by atoms with Crippen LogP contribution in [-0.4, -0.2) is 37.3 Å². The minimum atomic E-state index is -0.974. The van der Waals surface area contributed by atoms with Crippen LogP contribution in [0.3, 0.4) is 0 Å². The van der Waals surface area contributed by atoms with Gasteiger partial charge in [0.2, 0.25) is 6.79 Å². The highest BCUT2D eigenvalue weighted by Crippen LogP contribution is 2.51. The van der Waals surface area contributed by atoms with Crippen molar-refractivity contribution in [2.45, 2.75) is 45.2 Å². The lowest BCUT2D eigenvalue weighted by atomic mass is 9.85. The maximum absolute atomic E-state index is 10.8. The van der Waals surface area contributed by atoms with Crippen molar-refractivity contribution in [2.24, 2.45) is 11.8 Å². The van der Waals surface area contributed by atoms with Crippen LogP contribution in [-0.2, 0) is 4.74 Å². The summed E-state index contributed by atoms with van der Waals surface area (Å²) in [7, 11) is 3.06. The largest absolute Gasteiger partial charge is 0.504 e. The van der Waals surface area contributed by atoms with Gasteiger partial charge in [-0.25, -0.2) is 0 Å². The molecule has 8 nitrogen and oxygen atoms in total. The molecule has 38 heavy (non-hydrogen) atoms.